The molecule has 0 radical (unpaired) electrons. The highest BCUT2D eigenvalue weighted by atomic mass is 16.5. The number of rotatable bonds is 4. The van der Waals surface area contributed by atoms with Gasteiger partial charge in [-0.3, -0.25) is 9.89 Å². The molecule has 1 unspecified atom stereocenters. The van der Waals surface area contributed by atoms with Gasteiger partial charge in [0.1, 0.15) is 5.82 Å². The number of hydrogen-bond donors (Lipinski definition) is 1. The number of hydrogen-bond acceptors (Lipinski definition) is 6. The number of anilines is 1. The molecule has 3 heterocycles. The normalized spacial score (nSPS) is 17.9. The lowest BCUT2D eigenvalue weighted by molar-refractivity contribution is 0.176. The summed E-state index contributed by atoms with van der Waals surface area (Å²) < 4.78 is 13.1. The molecule has 0 fully saturated rings. The summed E-state index contributed by atoms with van der Waals surface area (Å²) in [7, 11) is 3.29. The van der Waals surface area contributed by atoms with E-state index in [-0.39, 0.29) is 6.29 Å². The Hall–Kier alpha value is -3.32. The summed E-state index contributed by atoms with van der Waals surface area (Å²) in [4.78, 5) is 11.7. The molecule has 2 aromatic carbocycles. The smallest absolute Gasteiger partial charge is 0.176 e. The van der Waals surface area contributed by atoms with Crippen molar-refractivity contribution in [3.63, 3.8) is 0 Å². The van der Waals surface area contributed by atoms with Crippen LogP contribution < -0.4 is 14.8 Å². The number of imidazole rings is 1. The second-order valence-corrected chi connectivity index (χ2v) is 7.15. The van der Waals surface area contributed by atoms with Crippen molar-refractivity contribution in [2.75, 3.05) is 26.1 Å². The van der Waals surface area contributed by atoms with Crippen LogP contribution in [0.15, 0.2) is 53.7 Å². The number of nitrogens with one attached hydrogen (secondary N) is 1. The molecular formula is C22H23N5O2. The van der Waals surface area contributed by atoms with E-state index in [1.807, 2.05) is 42.7 Å². The Labute approximate surface area is 169 Å². The number of fused-ring (bicyclic) bond motifs is 2. The first-order chi connectivity index (χ1) is 14.3. The van der Waals surface area contributed by atoms with E-state index < -0.39 is 0 Å². The average molecular weight is 389 g/mol. The van der Waals surface area contributed by atoms with Gasteiger partial charge in [-0.2, -0.15) is 0 Å². The summed E-state index contributed by atoms with van der Waals surface area (Å²) in [5.74, 6) is 2.44. The molecule has 0 bridgehead atoms. The van der Waals surface area contributed by atoms with Crippen LogP contribution in [-0.2, 0) is 13.1 Å². The number of nitrogens with zero attached hydrogens (tertiary/aromatic N) is 4. The summed E-state index contributed by atoms with van der Waals surface area (Å²) in [6, 6.07) is 14.2. The van der Waals surface area contributed by atoms with Gasteiger partial charge >= 0.3 is 0 Å². The lowest BCUT2D eigenvalue weighted by atomic mass is 10.1. The van der Waals surface area contributed by atoms with Crippen molar-refractivity contribution in [1.29, 1.82) is 0 Å². The Morgan fingerprint density at radius 2 is 1.83 bits per heavy atom. The molecule has 2 aliphatic rings. The number of methoxy groups -OCH3 is 2. The third kappa shape index (κ3) is 3.13. The van der Waals surface area contributed by atoms with Crippen LogP contribution in [0.2, 0.25) is 0 Å². The van der Waals surface area contributed by atoms with Gasteiger partial charge in [0, 0.05) is 48.7 Å². The Morgan fingerprint density at radius 1 is 1.03 bits per heavy atom. The van der Waals surface area contributed by atoms with Crippen molar-refractivity contribution < 1.29 is 9.47 Å². The first-order valence-corrected chi connectivity index (χ1v) is 9.66. The fourth-order valence-corrected chi connectivity index (χ4v) is 3.97. The summed E-state index contributed by atoms with van der Waals surface area (Å²) in [6.07, 6.45) is 3.76. The Kier molecular flexibility index (Phi) is 4.44. The van der Waals surface area contributed by atoms with E-state index in [0.717, 1.165) is 42.3 Å². The minimum absolute atomic E-state index is 0.121. The summed E-state index contributed by atoms with van der Waals surface area (Å²) in [6.45, 7) is 2.56. The van der Waals surface area contributed by atoms with E-state index in [4.69, 9.17) is 14.5 Å². The molecule has 5 rings (SSSR count). The highest BCUT2D eigenvalue weighted by molar-refractivity contribution is 5.91. The second-order valence-electron chi connectivity index (χ2n) is 7.15. The fourth-order valence-electron chi connectivity index (χ4n) is 3.97. The summed E-state index contributed by atoms with van der Waals surface area (Å²) in [5, 5.41) is 3.52. The Morgan fingerprint density at radius 3 is 2.62 bits per heavy atom. The summed E-state index contributed by atoms with van der Waals surface area (Å²) >= 11 is 0. The monoisotopic (exact) mass is 389 g/mol. The van der Waals surface area contributed by atoms with Gasteiger partial charge < -0.3 is 19.4 Å². The van der Waals surface area contributed by atoms with Gasteiger partial charge in [-0.15, -0.1) is 0 Å². The van der Waals surface area contributed by atoms with Gasteiger partial charge in [-0.05, 0) is 6.07 Å². The van der Waals surface area contributed by atoms with Crippen molar-refractivity contribution in [3.8, 4) is 22.9 Å². The minimum Gasteiger partial charge on any atom is -0.493 e. The number of benzene rings is 2. The molecule has 1 atom stereocenters. The lowest BCUT2D eigenvalue weighted by Crippen LogP contribution is -2.45. The fraction of sp³-hybridized carbons (Fsp3) is 0.273. The van der Waals surface area contributed by atoms with E-state index in [1.54, 1.807) is 14.2 Å². The standard InChI is InChI=1S/C22H23N5O2/c1-28-19-10-16-12-24-22(25-18(16)11-20(19)29-2)26-8-9-27-17(14-26)13-23-21(27)15-6-4-3-5-7-15/h3-7,10-13,22,25H,8-9,14H2,1-2H3. The van der Waals surface area contributed by atoms with Crippen molar-refractivity contribution in [2.24, 2.45) is 4.99 Å². The van der Waals surface area contributed by atoms with Crippen LogP contribution in [0.4, 0.5) is 5.69 Å². The zero-order valence-corrected chi connectivity index (χ0v) is 16.5. The third-order valence-corrected chi connectivity index (χ3v) is 5.49. The molecule has 0 spiro atoms. The maximum absolute atomic E-state index is 5.44. The molecular weight excluding hydrogens is 366 g/mol. The second kappa shape index (κ2) is 7.25. The van der Waals surface area contributed by atoms with Gasteiger partial charge in [-0.1, -0.05) is 30.3 Å². The van der Waals surface area contributed by atoms with Crippen molar-refractivity contribution >= 4 is 11.9 Å². The Bertz CT molecular complexity index is 1060. The number of ether oxygens (including phenoxy) is 2. The topological polar surface area (TPSA) is 63.9 Å². The van der Waals surface area contributed by atoms with E-state index in [0.29, 0.717) is 11.5 Å². The molecule has 0 saturated heterocycles. The molecule has 1 N–H and O–H groups in total. The maximum atomic E-state index is 5.44. The van der Waals surface area contributed by atoms with Crippen LogP contribution in [0, 0.1) is 0 Å². The quantitative estimate of drug-likeness (QED) is 0.742. The zero-order chi connectivity index (χ0) is 19.8. The van der Waals surface area contributed by atoms with Crippen LogP contribution in [0.5, 0.6) is 11.5 Å². The maximum Gasteiger partial charge on any atom is 0.176 e. The van der Waals surface area contributed by atoms with Crippen LogP contribution >= 0.6 is 0 Å². The van der Waals surface area contributed by atoms with Crippen molar-refractivity contribution in [2.45, 2.75) is 19.4 Å². The predicted molar refractivity (Wildman–Crippen MR) is 113 cm³/mol. The van der Waals surface area contributed by atoms with Gasteiger partial charge in [0.05, 0.1) is 26.1 Å². The van der Waals surface area contributed by atoms with Crippen LogP contribution in [0.1, 0.15) is 11.3 Å². The molecule has 7 nitrogen and oxygen atoms in total. The largest absolute Gasteiger partial charge is 0.493 e. The molecule has 3 aromatic rings. The molecule has 0 aliphatic carbocycles. The molecule has 7 heteroatoms. The van der Waals surface area contributed by atoms with Crippen molar-refractivity contribution in [1.82, 2.24) is 14.5 Å². The molecule has 2 aliphatic heterocycles. The lowest BCUT2D eigenvalue weighted by Gasteiger charge is -2.35. The van der Waals surface area contributed by atoms with E-state index >= 15 is 0 Å². The van der Waals surface area contributed by atoms with Gasteiger partial charge in [0.2, 0.25) is 0 Å². The number of aromatic nitrogens is 2. The number of aliphatic imine (C=N–C) groups is 1. The minimum atomic E-state index is -0.121. The van der Waals surface area contributed by atoms with Crippen LogP contribution in [-0.4, -0.2) is 47.7 Å². The van der Waals surface area contributed by atoms with Gasteiger partial charge in [-0.25, -0.2) is 4.98 Å². The zero-order valence-electron chi connectivity index (χ0n) is 16.5. The van der Waals surface area contributed by atoms with E-state index in [9.17, 15) is 0 Å². The molecule has 1 aromatic heterocycles. The first kappa shape index (κ1) is 17.8. The highest BCUT2D eigenvalue weighted by Crippen LogP contribution is 2.35. The van der Waals surface area contributed by atoms with Gasteiger partial charge in [0.25, 0.3) is 0 Å². The van der Waals surface area contributed by atoms with E-state index in [1.165, 1.54) is 5.69 Å². The van der Waals surface area contributed by atoms with E-state index in [2.05, 4.69) is 31.9 Å². The summed E-state index contributed by atoms with van der Waals surface area (Å²) in [5.41, 5.74) is 4.33. The third-order valence-electron chi connectivity index (χ3n) is 5.49. The van der Waals surface area contributed by atoms with Crippen LogP contribution in [0.25, 0.3) is 11.4 Å². The molecule has 148 valence electrons. The molecule has 0 amide bonds. The predicted octanol–water partition coefficient (Wildman–Crippen LogP) is 3.21. The first-order valence-electron chi connectivity index (χ1n) is 9.66. The molecule has 29 heavy (non-hydrogen) atoms. The highest BCUT2D eigenvalue weighted by Gasteiger charge is 2.27. The Balaban J connectivity index is 1.37. The van der Waals surface area contributed by atoms with Crippen molar-refractivity contribution in [3.05, 3.63) is 59.9 Å². The van der Waals surface area contributed by atoms with Crippen LogP contribution in [0.3, 0.4) is 0 Å². The SMILES string of the molecule is COc1cc2c(cc1OC)NC(N1CCn3c(cnc3-c3ccccc3)C1)N=C2. The average Bonchev–Trinajstić information content (AvgIpc) is 3.21. The molecule has 0 saturated carbocycles. The van der Waals surface area contributed by atoms with Gasteiger partial charge in [0.15, 0.2) is 17.8 Å².